The summed E-state index contributed by atoms with van der Waals surface area (Å²) in [6, 6.07) is 8.34. The van der Waals surface area contributed by atoms with Crippen LogP contribution in [-0.2, 0) is 21.4 Å². The molecule has 4 rings (SSSR count). The Morgan fingerprint density at radius 3 is 2.73 bits per heavy atom. The molecule has 0 spiro atoms. The highest BCUT2D eigenvalue weighted by Gasteiger charge is 2.46. The third-order valence-electron chi connectivity index (χ3n) is 6.82. The molecule has 1 aromatic heterocycles. The number of nitrogens with zero attached hydrogens (tertiary/aromatic N) is 1. The summed E-state index contributed by atoms with van der Waals surface area (Å²) in [6.07, 6.45) is 7.95. The topological polar surface area (TPSA) is 72.0 Å². The Balaban J connectivity index is 1.81. The van der Waals surface area contributed by atoms with Gasteiger partial charge in [-0.25, -0.2) is 4.98 Å². The molecule has 0 unspecified atom stereocenters. The SMILES string of the molecule is CCOC(=O)CSc1nc2c(c(=O)[nH]1)[C@@](CC)(C1CCCCC1)Cc1ccccc1-2. The number of carbonyl (C=O) groups is 1. The van der Waals surface area contributed by atoms with E-state index in [-0.39, 0.29) is 22.7 Å². The lowest BCUT2D eigenvalue weighted by atomic mass is 9.58. The van der Waals surface area contributed by atoms with E-state index in [1.807, 2.05) is 6.07 Å². The van der Waals surface area contributed by atoms with Crippen molar-refractivity contribution in [1.29, 1.82) is 0 Å². The first-order valence-electron chi connectivity index (χ1n) is 11.1. The van der Waals surface area contributed by atoms with Crippen LogP contribution in [0.3, 0.4) is 0 Å². The van der Waals surface area contributed by atoms with Crippen molar-refractivity contribution in [2.45, 2.75) is 69.4 Å². The summed E-state index contributed by atoms with van der Waals surface area (Å²) in [5.41, 5.74) is 3.77. The molecule has 6 heteroatoms. The number of ether oxygens (including phenoxy) is 1. The average molecular weight is 427 g/mol. The standard InChI is InChI=1S/C24H30N2O3S/c1-3-24(17-11-6-5-7-12-17)14-16-10-8-9-13-18(16)21-20(24)22(28)26-23(25-21)30-15-19(27)29-4-2/h8-10,13,17H,3-7,11-12,14-15H2,1-2H3,(H,25,26,28)/t24-/m1/s1. The maximum Gasteiger partial charge on any atom is 0.316 e. The van der Waals surface area contributed by atoms with E-state index in [4.69, 9.17) is 9.72 Å². The van der Waals surface area contributed by atoms with Crippen molar-refractivity contribution in [3.63, 3.8) is 0 Å². The van der Waals surface area contributed by atoms with Crippen LogP contribution in [0.4, 0.5) is 0 Å². The van der Waals surface area contributed by atoms with Gasteiger partial charge >= 0.3 is 5.97 Å². The molecule has 0 saturated heterocycles. The normalized spacial score (nSPS) is 21.0. The first kappa shape index (κ1) is 21.2. The minimum Gasteiger partial charge on any atom is -0.465 e. The highest BCUT2D eigenvalue weighted by molar-refractivity contribution is 7.99. The van der Waals surface area contributed by atoms with Gasteiger partial charge in [0.05, 0.1) is 23.6 Å². The average Bonchev–Trinajstić information content (AvgIpc) is 2.77. The van der Waals surface area contributed by atoms with Crippen molar-refractivity contribution >= 4 is 17.7 Å². The summed E-state index contributed by atoms with van der Waals surface area (Å²) in [7, 11) is 0. The molecule has 0 bridgehead atoms. The Morgan fingerprint density at radius 2 is 2.00 bits per heavy atom. The van der Waals surface area contributed by atoms with Crippen LogP contribution in [0.1, 0.15) is 63.5 Å². The van der Waals surface area contributed by atoms with E-state index in [9.17, 15) is 9.59 Å². The van der Waals surface area contributed by atoms with Crippen LogP contribution < -0.4 is 5.56 Å². The number of H-pyrrole nitrogens is 1. The van der Waals surface area contributed by atoms with Crippen molar-refractivity contribution in [2.75, 3.05) is 12.4 Å². The van der Waals surface area contributed by atoms with E-state index in [1.54, 1.807) is 6.92 Å². The van der Waals surface area contributed by atoms with E-state index < -0.39 is 0 Å². The summed E-state index contributed by atoms with van der Waals surface area (Å²) in [5, 5.41) is 0.483. The number of hydrogen-bond donors (Lipinski definition) is 1. The Kier molecular flexibility index (Phi) is 6.32. The van der Waals surface area contributed by atoms with Crippen LogP contribution in [-0.4, -0.2) is 28.3 Å². The number of benzene rings is 1. The van der Waals surface area contributed by atoms with Gasteiger partial charge in [-0.05, 0) is 44.1 Å². The molecule has 1 N–H and O–H groups in total. The van der Waals surface area contributed by atoms with E-state index in [2.05, 4.69) is 30.1 Å². The summed E-state index contributed by atoms with van der Waals surface area (Å²) in [4.78, 5) is 33.1. The lowest BCUT2D eigenvalue weighted by molar-refractivity contribution is -0.139. The van der Waals surface area contributed by atoms with Crippen molar-refractivity contribution in [3.05, 3.63) is 45.7 Å². The monoisotopic (exact) mass is 426 g/mol. The zero-order valence-corrected chi connectivity index (χ0v) is 18.6. The highest BCUT2D eigenvalue weighted by Crippen LogP contribution is 2.50. The summed E-state index contributed by atoms with van der Waals surface area (Å²) >= 11 is 1.23. The van der Waals surface area contributed by atoms with Crippen molar-refractivity contribution in [1.82, 2.24) is 9.97 Å². The van der Waals surface area contributed by atoms with Gasteiger partial charge in [0.2, 0.25) is 0 Å². The number of carbonyl (C=O) groups excluding carboxylic acids is 1. The molecular formula is C24H30N2O3S. The summed E-state index contributed by atoms with van der Waals surface area (Å²) in [6.45, 7) is 4.35. The lowest BCUT2D eigenvalue weighted by Crippen LogP contribution is -2.45. The Labute approximate surface area is 182 Å². The highest BCUT2D eigenvalue weighted by atomic mass is 32.2. The van der Waals surface area contributed by atoms with Crippen LogP contribution in [0.2, 0.25) is 0 Å². The second-order valence-corrected chi connectivity index (χ2v) is 9.33. The Hall–Kier alpha value is -2.08. The minimum atomic E-state index is -0.298. The second kappa shape index (κ2) is 8.96. The van der Waals surface area contributed by atoms with Gasteiger partial charge in [-0.3, -0.25) is 9.59 Å². The molecule has 5 nitrogen and oxygen atoms in total. The van der Waals surface area contributed by atoms with Crippen LogP contribution in [0.15, 0.2) is 34.2 Å². The van der Waals surface area contributed by atoms with Crippen molar-refractivity contribution in [3.8, 4) is 11.3 Å². The van der Waals surface area contributed by atoms with Crippen LogP contribution in [0.25, 0.3) is 11.3 Å². The number of aromatic amines is 1. The molecule has 1 fully saturated rings. The van der Waals surface area contributed by atoms with E-state index >= 15 is 0 Å². The first-order valence-corrected chi connectivity index (χ1v) is 12.1. The molecule has 1 atom stereocenters. The van der Waals surface area contributed by atoms with Gasteiger partial charge in [-0.1, -0.05) is 62.2 Å². The molecule has 0 amide bonds. The molecule has 1 saturated carbocycles. The van der Waals surface area contributed by atoms with Crippen LogP contribution >= 0.6 is 11.8 Å². The smallest absolute Gasteiger partial charge is 0.316 e. The van der Waals surface area contributed by atoms with Crippen molar-refractivity contribution in [2.24, 2.45) is 5.92 Å². The first-order chi connectivity index (χ1) is 14.6. The van der Waals surface area contributed by atoms with Gasteiger partial charge in [0.15, 0.2) is 5.16 Å². The maximum atomic E-state index is 13.5. The molecule has 1 heterocycles. The number of aromatic nitrogens is 2. The van der Waals surface area contributed by atoms with Crippen molar-refractivity contribution < 1.29 is 9.53 Å². The third-order valence-corrected chi connectivity index (χ3v) is 7.67. The number of thioether (sulfide) groups is 1. The summed E-state index contributed by atoms with van der Waals surface area (Å²) in [5.74, 6) is 0.344. The molecule has 30 heavy (non-hydrogen) atoms. The molecule has 160 valence electrons. The predicted octanol–water partition coefficient (Wildman–Crippen LogP) is 4.88. The number of hydrogen-bond acceptors (Lipinski definition) is 5. The molecule has 1 aromatic carbocycles. The lowest BCUT2D eigenvalue weighted by Gasteiger charge is -2.45. The third kappa shape index (κ3) is 3.82. The van der Waals surface area contributed by atoms with Crippen LogP contribution in [0, 0.1) is 5.92 Å². The number of nitrogens with one attached hydrogen (secondary N) is 1. The fourth-order valence-electron chi connectivity index (χ4n) is 5.44. The predicted molar refractivity (Wildman–Crippen MR) is 120 cm³/mol. The van der Waals surface area contributed by atoms with E-state index in [1.165, 1.54) is 49.4 Å². The van der Waals surface area contributed by atoms with Gasteiger partial charge in [0.1, 0.15) is 0 Å². The fourth-order valence-corrected chi connectivity index (χ4v) is 6.09. The maximum absolute atomic E-state index is 13.5. The zero-order valence-electron chi connectivity index (χ0n) is 17.8. The van der Waals surface area contributed by atoms with Crippen LogP contribution in [0.5, 0.6) is 0 Å². The van der Waals surface area contributed by atoms with Gasteiger partial charge < -0.3 is 9.72 Å². The van der Waals surface area contributed by atoms with Gasteiger partial charge in [0.25, 0.3) is 5.56 Å². The van der Waals surface area contributed by atoms with Gasteiger partial charge in [-0.2, -0.15) is 0 Å². The molecule has 0 aliphatic heterocycles. The fraction of sp³-hybridized carbons (Fsp3) is 0.542. The minimum absolute atomic E-state index is 0.0479. The largest absolute Gasteiger partial charge is 0.465 e. The van der Waals surface area contributed by atoms with E-state index in [0.29, 0.717) is 17.7 Å². The zero-order chi connectivity index (χ0) is 21.1. The molecule has 2 aromatic rings. The van der Waals surface area contributed by atoms with E-state index in [0.717, 1.165) is 29.7 Å². The molecule has 2 aliphatic rings. The van der Waals surface area contributed by atoms with Gasteiger partial charge in [0, 0.05) is 11.0 Å². The van der Waals surface area contributed by atoms with Gasteiger partial charge in [-0.15, -0.1) is 0 Å². The second-order valence-electron chi connectivity index (χ2n) is 8.37. The quantitative estimate of drug-likeness (QED) is 0.405. The number of fused-ring (bicyclic) bond motifs is 3. The molecule has 2 aliphatic carbocycles. The summed E-state index contributed by atoms with van der Waals surface area (Å²) < 4.78 is 5.01. The molecule has 0 radical (unpaired) electrons. The molecular weight excluding hydrogens is 396 g/mol. The number of rotatable bonds is 6. The number of esters is 1. The Morgan fingerprint density at radius 1 is 1.23 bits per heavy atom. The Bertz CT molecular complexity index is 981.